The summed E-state index contributed by atoms with van der Waals surface area (Å²) >= 11 is 0. The van der Waals surface area contributed by atoms with Crippen molar-refractivity contribution in [2.24, 2.45) is 0 Å². The highest BCUT2D eigenvalue weighted by Crippen LogP contribution is 2.30. The molecule has 0 amide bonds. The lowest BCUT2D eigenvalue weighted by Gasteiger charge is -2.19. The molecule has 0 aromatic carbocycles. The summed E-state index contributed by atoms with van der Waals surface area (Å²) in [7, 11) is 0. The molecule has 0 atom stereocenters. The van der Waals surface area contributed by atoms with Crippen LogP contribution in [0, 0.1) is 17.0 Å². The quantitative estimate of drug-likeness (QED) is 0.466. The third-order valence-corrected chi connectivity index (χ3v) is 3.01. The van der Waals surface area contributed by atoms with Gasteiger partial charge in [0.25, 0.3) is 5.88 Å². The Bertz CT molecular complexity index is 799. The molecule has 0 fully saturated rings. The van der Waals surface area contributed by atoms with Gasteiger partial charge in [0.1, 0.15) is 5.60 Å². The summed E-state index contributed by atoms with van der Waals surface area (Å²) in [6.07, 6.45) is 3.07. The molecule has 0 aliphatic carbocycles. The van der Waals surface area contributed by atoms with Crippen LogP contribution in [0.25, 0.3) is 11.1 Å². The number of aromatic nitrogens is 2. The summed E-state index contributed by atoms with van der Waals surface area (Å²) < 4.78 is 10.3. The van der Waals surface area contributed by atoms with Crippen LogP contribution in [0.15, 0.2) is 30.6 Å². The molecule has 0 N–H and O–H groups in total. The van der Waals surface area contributed by atoms with Crippen LogP contribution in [-0.2, 0) is 9.53 Å². The highest BCUT2D eigenvalue weighted by molar-refractivity contribution is 5.72. The van der Waals surface area contributed by atoms with Crippen LogP contribution < -0.4 is 4.74 Å². The number of hydrogen-bond donors (Lipinski definition) is 0. The molecular weight excluding hydrogens is 326 g/mol. The smallest absolute Gasteiger partial charge is 0.344 e. The average Bonchev–Trinajstić information content (AvgIpc) is 2.51. The van der Waals surface area contributed by atoms with Crippen LogP contribution in [0.5, 0.6) is 5.88 Å². The monoisotopic (exact) mass is 345 g/mol. The molecule has 8 heteroatoms. The summed E-state index contributed by atoms with van der Waals surface area (Å²) in [5, 5.41) is 11.3. The van der Waals surface area contributed by atoms with Crippen molar-refractivity contribution in [3.05, 3.63) is 46.4 Å². The molecule has 0 spiro atoms. The summed E-state index contributed by atoms with van der Waals surface area (Å²) in [6.45, 7) is 6.52. The van der Waals surface area contributed by atoms with E-state index in [1.165, 1.54) is 12.3 Å². The van der Waals surface area contributed by atoms with Crippen LogP contribution in [0.4, 0.5) is 5.69 Å². The largest absolute Gasteiger partial charge is 0.461 e. The first-order chi connectivity index (χ1) is 11.7. The van der Waals surface area contributed by atoms with Gasteiger partial charge >= 0.3 is 11.7 Å². The second-order valence-corrected chi connectivity index (χ2v) is 6.37. The van der Waals surface area contributed by atoms with Gasteiger partial charge in [-0.25, -0.2) is 9.78 Å². The number of aryl methyl sites for hydroxylation is 1. The van der Waals surface area contributed by atoms with E-state index >= 15 is 0 Å². The summed E-state index contributed by atoms with van der Waals surface area (Å²) in [5.41, 5.74) is 1.10. The zero-order valence-corrected chi connectivity index (χ0v) is 14.5. The van der Waals surface area contributed by atoms with Crippen molar-refractivity contribution in [3.63, 3.8) is 0 Å². The Morgan fingerprint density at radius 3 is 2.56 bits per heavy atom. The first kappa shape index (κ1) is 18.3. The third kappa shape index (κ3) is 5.23. The Morgan fingerprint density at radius 2 is 1.96 bits per heavy atom. The Hall–Kier alpha value is -3.03. The van der Waals surface area contributed by atoms with E-state index < -0.39 is 23.1 Å². The standard InChI is InChI=1S/C17H19N3O5/c1-11-7-12(5-6-18-11)13-8-14(20(22)23)16(19-9-13)24-10-15(21)25-17(2,3)4/h5-9H,10H2,1-4H3. The molecule has 132 valence electrons. The molecule has 0 unspecified atom stereocenters. The minimum absolute atomic E-state index is 0.231. The molecule has 0 saturated carbocycles. The van der Waals surface area contributed by atoms with Crippen LogP contribution in [0.1, 0.15) is 26.5 Å². The molecule has 0 aliphatic heterocycles. The van der Waals surface area contributed by atoms with E-state index in [1.54, 1.807) is 39.1 Å². The molecule has 0 radical (unpaired) electrons. The van der Waals surface area contributed by atoms with Crippen molar-refractivity contribution in [3.8, 4) is 17.0 Å². The number of carbonyl (C=O) groups is 1. The normalized spacial score (nSPS) is 11.0. The second-order valence-electron chi connectivity index (χ2n) is 6.37. The summed E-state index contributed by atoms with van der Waals surface area (Å²) in [4.78, 5) is 30.5. The lowest BCUT2D eigenvalue weighted by atomic mass is 10.1. The van der Waals surface area contributed by atoms with Gasteiger partial charge in [-0.05, 0) is 45.4 Å². The SMILES string of the molecule is Cc1cc(-c2cnc(OCC(=O)OC(C)(C)C)c([N+](=O)[O-])c2)ccn1. The molecule has 25 heavy (non-hydrogen) atoms. The van der Waals surface area contributed by atoms with Crippen molar-refractivity contribution < 1.29 is 19.2 Å². The van der Waals surface area contributed by atoms with Crippen molar-refractivity contribution in [1.29, 1.82) is 0 Å². The number of esters is 1. The average molecular weight is 345 g/mol. The second kappa shape index (κ2) is 7.25. The van der Waals surface area contributed by atoms with E-state index in [0.717, 1.165) is 11.3 Å². The fraction of sp³-hybridized carbons (Fsp3) is 0.353. The van der Waals surface area contributed by atoms with Gasteiger partial charge in [0.05, 0.1) is 4.92 Å². The van der Waals surface area contributed by atoms with Gasteiger partial charge in [0.15, 0.2) is 6.61 Å². The first-order valence-corrected chi connectivity index (χ1v) is 7.58. The maximum absolute atomic E-state index is 11.7. The minimum Gasteiger partial charge on any atom is -0.461 e. The molecule has 2 rings (SSSR count). The van der Waals surface area contributed by atoms with Crippen molar-refractivity contribution in [2.45, 2.75) is 33.3 Å². The molecule has 8 nitrogen and oxygen atoms in total. The molecule has 2 aromatic rings. The van der Waals surface area contributed by atoms with Crippen molar-refractivity contribution >= 4 is 11.7 Å². The molecule has 0 bridgehead atoms. The van der Waals surface area contributed by atoms with Crippen molar-refractivity contribution in [2.75, 3.05) is 6.61 Å². The topological polar surface area (TPSA) is 104 Å². The fourth-order valence-electron chi connectivity index (χ4n) is 2.06. The van der Waals surface area contributed by atoms with E-state index in [4.69, 9.17) is 9.47 Å². The molecule has 0 aliphatic rings. The summed E-state index contributed by atoms with van der Waals surface area (Å²) in [6, 6.07) is 4.88. The van der Waals surface area contributed by atoms with Crippen LogP contribution in [-0.4, -0.2) is 33.1 Å². The van der Waals surface area contributed by atoms with Gasteiger partial charge in [-0.2, -0.15) is 0 Å². The lowest BCUT2D eigenvalue weighted by molar-refractivity contribution is -0.386. The van der Waals surface area contributed by atoms with Crippen LogP contribution in [0.2, 0.25) is 0 Å². The van der Waals surface area contributed by atoms with Crippen LogP contribution >= 0.6 is 0 Å². The number of pyridine rings is 2. The van der Waals surface area contributed by atoms with E-state index in [1.807, 2.05) is 6.92 Å². The predicted octanol–water partition coefficient (Wildman–Crippen LogP) is 3.08. The first-order valence-electron chi connectivity index (χ1n) is 7.58. The van der Waals surface area contributed by atoms with E-state index in [0.29, 0.717) is 5.56 Å². The Morgan fingerprint density at radius 1 is 1.24 bits per heavy atom. The number of nitrogens with zero attached hydrogens (tertiary/aromatic N) is 3. The summed E-state index contributed by atoms with van der Waals surface area (Å²) in [5.74, 6) is -0.858. The number of ether oxygens (including phenoxy) is 2. The predicted molar refractivity (Wildman–Crippen MR) is 90.2 cm³/mol. The number of hydrogen-bond acceptors (Lipinski definition) is 7. The van der Waals surface area contributed by atoms with Gasteiger partial charge in [-0.3, -0.25) is 15.1 Å². The van der Waals surface area contributed by atoms with Gasteiger partial charge in [0.2, 0.25) is 0 Å². The number of rotatable bonds is 5. The zero-order valence-electron chi connectivity index (χ0n) is 14.5. The van der Waals surface area contributed by atoms with Gasteiger partial charge < -0.3 is 9.47 Å². The molecule has 2 aromatic heterocycles. The van der Waals surface area contributed by atoms with Gasteiger partial charge in [0, 0.05) is 29.7 Å². The lowest BCUT2D eigenvalue weighted by Crippen LogP contribution is -2.27. The Balaban J connectivity index is 2.22. The van der Waals surface area contributed by atoms with Gasteiger partial charge in [-0.15, -0.1) is 0 Å². The molecule has 0 saturated heterocycles. The van der Waals surface area contributed by atoms with E-state index in [2.05, 4.69) is 9.97 Å². The number of carbonyl (C=O) groups excluding carboxylic acids is 1. The number of nitro groups is 1. The highest BCUT2D eigenvalue weighted by Gasteiger charge is 2.22. The molecular formula is C17H19N3O5. The maximum atomic E-state index is 11.7. The minimum atomic E-state index is -0.664. The molecule has 2 heterocycles. The van der Waals surface area contributed by atoms with Gasteiger partial charge in [-0.1, -0.05) is 0 Å². The maximum Gasteiger partial charge on any atom is 0.344 e. The van der Waals surface area contributed by atoms with Crippen molar-refractivity contribution in [1.82, 2.24) is 9.97 Å². The highest BCUT2D eigenvalue weighted by atomic mass is 16.6. The van der Waals surface area contributed by atoms with E-state index in [-0.39, 0.29) is 11.6 Å². The van der Waals surface area contributed by atoms with E-state index in [9.17, 15) is 14.9 Å². The Labute approximate surface area is 145 Å². The Kier molecular flexibility index (Phi) is 5.31. The van der Waals surface area contributed by atoms with Crippen LogP contribution in [0.3, 0.4) is 0 Å². The zero-order chi connectivity index (χ0) is 18.6. The fourth-order valence-corrected chi connectivity index (χ4v) is 2.06. The third-order valence-electron chi connectivity index (χ3n) is 3.01.